The van der Waals surface area contributed by atoms with Crippen LogP contribution in [0.2, 0.25) is 0 Å². The SMILES string of the molecule is CN(C)CCC(NC(=O)N1CCCCC1CCO)C(C)(C)C. The second-order valence-corrected chi connectivity index (χ2v) is 7.82. The van der Waals surface area contributed by atoms with Gasteiger partial charge in [-0.3, -0.25) is 0 Å². The molecule has 0 aromatic rings. The molecular weight excluding hydrogens is 278 g/mol. The zero-order chi connectivity index (χ0) is 16.8. The molecule has 1 saturated heterocycles. The van der Waals surface area contributed by atoms with Gasteiger partial charge in [-0.05, 0) is 58.2 Å². The highest BCUT2D eigenvalue weighted by Crippen LogP contribution is 2.24. The average molecular weight is 313 g/mol. The van der Waals surface area contributed by atoms with Gasteiger partial charge < -0.3 is 20.2 Å². The summed E-state index contributed by atoms with van der Waals surface area (Å²) in [6, 6.07) is 0.379. The number of piperidine rings is 1. The summed E-state index contributed by atoms with van der Waals surface area (Å²) in [5.74, 6) is 0. The van der Waals surface area contributed by atoms with E-state index in [-0.39, 0.29) is 30.1 Å². The van der Waals surface area contributed by atoms with Crippen LogP contribution in [0.5, 0.6) is 0 Å². The zero-order valence-corrected chi connectivity index (χ0v) is 15.1. The fourth-order valence-corrected chi connectivity index (χ4v) is 3.06. The zero-order valence-electron chi connectivity index (χ0n) is 15.1. The number of hydrogen-bond donors (Lipinski definition) is 2. The second-order valence-electron chi connectivity index (χ2n) is 7.82. The predicted molar refractivity (Wildman–Crippen MR) is 91.0 cm³/mol. The van der Waals surface area contributed by atoms with Crippen LogP contribution < -0.4 is 5.32 Å². The summed E-state index contributed by atoms with van der Waals surface area (Å²) in [5.41, 5.74) is 0.0356. The van der Waals surface area contributed by atoms with E-state index in [0.29, 0.717) is 6.42 Å². The van der Waals surface area contributed by atoms with Gasteiger partial charge in [0.05, 0.1) is 0 Å². The summed E-state index contributed by atoms with van der Waals surface area (Å²) < 4.78 is 0. The van der Waals surface area contributed by atoms with Gasteiger partial charge in [-0.1, -0.05) is 20.8 Å². The minimum atomic E-state index is 0.0356. The summed E-state index contributed by atoms with van der Waals surface area (Å²) in [4.78, 5) is 16.8. The van der Waals surface area contributed by atoms with Crippen molar-refractivity contribution < 1.29 is 9.90 Å². The van der Waals surface area contributed by atoms with Gasteiger partial charge in [-0.15, -0.1) is 0 Å². The first-order valence-corrected chi connectivity index (χ1v) is 8.58. The number of amides is 2. The van der Waals surface area contributed by atoms with Crippen molar-refractivity contribution in [2.45, 2.75) is 65.0 Å². The number of aliphatic hydroxyl groups is 1. The maximum Gasteiger partial charge on any atom is 0.317 e. The first-order chi connectivity index (χ1) is 10.3. The van der Waals surface area contributed by atoms with Crippen molar-refractivity contribution in [3.8, 4) is 0 Å². The number of nitrogens with zero attached hydrogens (tertiary/aromatic N) is 2. The molecule has 22 heavy (non-hydrogen) atoms. The van der Waals surface area contributed by atoms with E-state index in [1.54, 1.807) is 0 Å². The smallest absolute Gasteiger partial charge is 0.317 e. The van der Waals surface area contributed by atoms with Gasteiger partial charge in [0.2, 0.25) is 0 Å². The van der Waals surface area contributed by atoms with Crippen molar-refractivity contribution in [2.75, 3.05) is 33.8 Å². The van der Waals surface area contributed by atoms with Gasteiger partial charge in [0.1, 0.15) is 0 Å². The number of likely N-dealkylation sites (tertiary alicyclic amines) is 1. The lowest BCUT2D eigenvalue weighted by atomic mass is 9.84. The van der Waals surface area contributed by atoms with Crippen LogP contribution in [-0.4, -0.2) is 66.8 Å². The molecule has 1 rings (SSSR count). The van der Waals surface area contributed by atoms with E-state index in [0.717, 1.165) is 38.8 Å². The van der Waals surface area contributed by atoms with Crippen molar-refractivity contribution in [1.29, 1.82) is 0 Å². The molecule has 2 N–H and O–H groups in total. The van der Waals surface area contributed by atoms with Crippen molar-refractivity contribution in [3.05, 3.63) is 0 Å². The van der Waals surface area contributed by atoms with Crippen molar-refractivity contribution in [3.63, 3.8) is 0 Å². The van der Waals surface area contributed by atoms with Gasteiger partial charge in [0.15, 0.2) is 0 Å². The molecule has 0 spiro atoms. The Morgan fingerprint density at radius 1 is 1.36 bits per heavy atom. The molecule has 1 aliphatic heterocycles. The molecule has 0 bridgehead atoms. The van der Waals surface area contributed by atoms with E-state index >= 15 is 0 Å². The quantitative estimate of drug-likeness (QED) is 0.791. The number of hydrogen-bond acceptors (Lipinski definition) is 3. The highest BCUT2D eigenvalue weighted by Gasteiger charge is 2.31. The van der Waals surface area contributed by atoms with E-state index in [9.17, 15) is 9.90 Å². The van der Waals surface area contributed by atoms with Crippen LogP contribution in [-0.2, 0) is 0 Å². The number of rotatable bonds is 6. The largest absolute Gasteiger partial charge is 0.396 e. The van der Waals surface area contributed by atoms with Gasteiger partial charge in [0, 0.05) is 25.2 Å². The average Bonchev–Trinajstić information content (AvgIpc) is 2.42. The fraction of sp³-hybridized carbons (Fsp3) is 0.941. The third kappa shape index (κ3) is 6.13. The van der Waals surface area contributed by atoms with Crippen LogP contribution in [0.15, 0.2) is 0 Å². The lowest BCUT2D eigenvalue weighted by Crippen LogP contribution is -2.54. The van der Waals surface area contributed by atoms with Crippen LogP contribution in [0.4, 0.5) is 4.79 Å². The molecule has 0 radical (unpaired) electrons. The topological polar surface area (TPSA) is 55.8 Å². The van der Waals surface area contributed by atoms with Crippen LogP contribution in [0.25, 0.3) is 0 Å². The molecule has 5 nitrogen and oxygen atoms in total. The standard InChI is InChI=1S/C17H35N3O2/c1-17(2,3)15(9-12-19(4)5)18-16(22)20-11-7-6-8-14(20)10-13-21/h14-15,21H,6-13H2,1-5H3,(H,18,22). The van der Waals surface area contributed by atoms with Gasteiger partial charge in [-0.2, -0.15) is 0 Å². The van der Waals surface area contributed by atoms with Crippen molar-refractivity contribution in [2.24, 2.45) is 5.41 Å². The summed E-state index contributed by atoms with van der Waals surface area (Å²) in [6.07, 6.45) is 4.85. The lowest BCUT2D eigenvalue weighted by molar-refractivity contribution is 0.121. The number of carbonyl (C=O) groups excluding carboxylic acids is 1. The first kappa shape index (κ1) is 19.2. The number of urea groups is 1. The molecule has 2 atom stereocenters. The Kier molecular flexibility index (Phi) is 7.63. The molecule has 1 fully saturated rings. The minimum absolute atomic E-state index is 0.0356. The summed E-state index contributed by atoms with van der Waals surface area (Å²) in [6.45, 7) is 8.44. The van der Waals surface area contributed by atoms with E-state index in [4.69, 9.17) is 0 Å². The van der Waals surface area contributed by atoms with Gasteiger partial charge in [0.25, 0.3) is 0 Å². The highest BCUT2D eigenvalue weighted by atomic mass is 16.3. The molecule has 2 amide bonds. The Balaban J connectivity index is 2.67. The fourth-order valence-electron chi connectivity index (χ4n) is 3.06. The molecule has 0 aliphatic carbocycles. The Bertz CT molecular complexity index is 337. The van der Waals surface area contributed by atoms with Gasteiger partial charge >= 0.3 is 6.03 Å². The molecular formula is C17H35N3O2. The molecule has 1 aliphatic rings. The normalized spacial score (nSPS) is 21.0. The van der Waals surface area contributed by atoms with E-state index < -0.39 is 0 Å². The molecule has 0 aromatic carbocycles. The molecule has 2 unspecified atom stereocenters. The Labute approximate surface area is 136 Å². The maximum absolute atomic E-state index is 12.7. The van der Waals surface area contributed by atoms with E-state index in [1.165, 1.54) is 0 Å². The minimum Gasteiger partial charge on any atom is -0.396 e. The van der Waals surface area contributed by atoms with Crippen LogP contribution in [0.3, 0.4) is 0 Å². The van der Waals surface area contributed by atoms with Crippen molar-refractivity contribution in [1.82, 2.24) is 15.1 Å². The lowest BCUT2D eigenvalue weighted by Gasteiger charge is -2.39. The van der Waals surface area contributed by atoms with E-state index in [2.05, 4.69) is 45.1 Å². The second kappa shape index (κ2) is 8.73. The number of carbonyl (C=O) groups is 1. The predicted octanol–water partition coefficient (Wildman–Crippen LogP) is 2.30. The number of nitrogens with one attached hydrogen (secondary N) is 1. The molecule has 5 heteroatoms. The van der Waals surface area contributed by atoms with Gasteiger partial charge in [-0.25, -0.2) is 4.79 Å². The van der Waals surface area contributed by atoms with E-state index in [1.807, 2.05) is 4.90 Å². The molecule has 0 saturated carbocycles. The van der Waals surface area contributed by atoms with Crippen LogP contribution in [0, 0.1) is 5.41 Å². The Morgan fingerprint density at radius 3 is 2.59 bits per heavy atom. The Hall–Kier alpha value is -0.810. The molecule has 1 heterocycles. The first-order valence-electron chi connectivity index (χ1n) is 8.58. The number of aliphatic hydroxyl groups excluding tert-OH is 1. The monoisotopic (exact) mass is 313 g/mol. The third-order valence-electron chi connectivity index (χ3n) is 4.56. The van der Waals surface area contributed by atoms with Crippen LogP contribution >= 0.6 is 0 Å². The third-order valence-corrected chi connectivity index (χ3v) is 4.56. The highest BCUT2D eigenvalue weighted by molar-refractivity contribution is 5.75. The summed E-state index contributed by atoms with van der Waals surface area (Å²) >= 11 is 0. The molecule has 0 aromatic heterocycles. The van der Waals surface area contributed by atoms with Crippen molar-refractivity contribution >= 4 is 6.03 Å². The summed E-state index contributed by atoms with van der Waals surface area (Å²) in [5, 5.41) is 12.5. The maximum atomic E-state index is 12.7. The van der Waals surface area contributed by atoms with Crippen LogP contribution in [0.1, 0.15) is 52.9 Å². The summed E-state index contributed by atoms with van der Waals surface area (Å²) in [7, 11) is 4.12. The Morgan fingerprint density at radius 2 is 2.05 bits per heavy atom. The molecule has 130 valence electrons.